The van der Waals surface area contributed by atoms with Crippen molar-refractivity contribution in [2.24, 2.45) is 0 Å². The van der Waals surface area contributed by atoms with Gasteiger partial charge in [-0.25, -0.2) is 9.97 Å². The monoisotopic (exact) mass is 385 g/mol. The Morgan fingerprint density at radius 3 is 3.08 bits per heavy atom. The maximum absolute atomic E-state index is 5.45. The number of ether oxygens (including phenoxy) is 1. The third-order valence-corrected chi connectivity index (χ3v) is 4.61. The van der Waals surface area contributed by atoms with Gasteiger partial charge >= 0.3 is 0 Å². The van der Waals surface area contributed by atoms with Crippen molar-refractivity contribution >= 4 is 45.6 Å². The molecule has 3 heterocycles. The van der Waals surface area contributed by atoms with Gasteiger partial charge in [0.25, 0.3) is 0 Å². The van der Waals surface area contributed by atoms with Crippen LogP contribution in [0, 0.1) is 0 Å². The Bertz CT molecular complexity index is 925. The molecule has 0 saturated heterocycles. The second kappa shape index (κ2) is 8.79. The van der Waals surface area contributed by atoms with Crippen molar-refractivity contribution in [1.82, 2.24) is 20.3 Å². The molecule has 0 spiro atoms. The Labute approximate surface area is 161 Å². The molecule has 26 heavy (non-hydrogen) atoms. The third kappa shape index (κ3) is 4.60. The van der Waals surface area contributed by atoms with Gasteiger partial charge in [0.2, 0.25) is 0 Å². The van der Waals surface area contributed by atoms with Crippen molar-refractivity contribution in [3.63, 3.8) is 0 Å². The number of aromatic nitrogens is 3. The van der Waals surface area contributed by atoms with Crippen molar-refractivity contribution in [2.45, 2.75) is 13.5 Å². The van der Waals surface area contributed by atoms with E-state index in [4.69, 9.17) is 17.0 Å². The lowest BCUT2D eigenvalue weighted by molar-refractivity contribution is 0.136. The zero-order valence-corrected chi connectivity index (χ0v) is 16.0. The topological polar surface area (TPSA) is 72.0 Å². The number of rotatable bonds is 7. The second-order valence-corrected chi connectivity index (χ2v) is 6.76. The highest BCUT2D eigenvalue weighted by atomic mass is 32.1. The number of thiophene rings is 1. The Balaban J connectivity index is 1.81. The number of thiocarbonyl (C=S) groups is 1. The smallest absolute Gasteiger partial charge is 0.180 e. The van der Waals surface area contributed by atoms with Gasteiger partial charge in [0.1, 0.15) is 11.3 Å². The molecule has 3 aromatic heterocycles. The lowest BCUT2D eigenvalue weighted by Crippen LogP contribution is -2.28. The van der Waals surface area contributed by atoms with E-state index in [2.05, 4.69) is 43.6 Å². The SMILES string of the molecule is C=CCNC(=S)Nc1ccc2ncc(-c3csc(COCC)c3)nc2n1. The van der Waals surface area contributed by atoms with Gasteiger partial charge in [0, 0.05) is 29.0 Å². The molecule has 134 valence electrons. The predicted octanol–water partition coefficient (Wildman–Crippen LogP) is 3.76. The number of hydrogen-bond acceptors (Lipinski definition) is 6. The van der Waals surface area contributed by atoms with Gasteiger partial charge in [-0.15, -0.1) is 17.9 Å². The zero-order chi connectivity index (χ0) is 18.4. The molecule has 0 fully saturated rings. The first kappa shape index (κ1) is 18.4. The summed E-state index contributed by atoms with van der Waals surface area (Å²) < 4.78 is 5.45. The predicted molar refractivity (Wildman–Crippen MR) is 110 cm³/mol. The standard InChI is InChI=1S/C18H19N5OS2/c1-3-7-19-18(25)23-16-6-5-14-17(22-16)21-15(9-20-14)12-8-13(26-11-12)10-24-4-2/h3,5-6,8-9,11H,1,4,7,10H2,2H3,(H2,19,21,22,23,25). The summed E-state index contributed by atoms with van der Waals surface area (Å²) in [6.07, 6.45) is 3.50. The van der Waals surface area contributed by atoms with Gasteiger partial charge in [-0.05, 0) is 37.3 Å². The molecule has 0 aliphatic rings. The molecule has 0 atom stereocenters. The van der Waals surface area contributed by atoms with Crippen molar-refractivity contribution in [1.29, 1.82) is 0 Å². The van der Waals surface area contributed by atoms with E-state index in [0.29, 0.717) is 36.3 Å². The first-order chi connectivity index (χ1) is 12.7. The first-order valence-corrected chi connectivity index (χ1v) is 9.43. The van der Waals surface area contributed by atoms with Gasteiger partial charge in [0.05, 0.1) is 18.5 Å². The quantitative estimate of drug-likeness (QED) is 0.474. The average molecular weight is 386 g/mol. The van der Waals surface area contributed by atoms with Crippen LogP contribution in [0.15, 0.2) is 42.4 Å². The summed E-state index contributed by atoms with van der Waals surface area (Å²) in [6, 6.07) is 5.77. The number of hydrogen-bond donors (Lipinski definition) is 2. The Hall–Kier alpha value is -2.42. The highest BCUT2D eigenvalue weighted by molar-refractivity contribution is 7.80. The van der Waals surface area contributed by atoms with Crippen LogP contribution in [-0.4, -0.2) is 33.2 Å². The van der Waals surface area contributed by atoms with Crippen LogP contribution in [-0.2, 0) is 11.3 Å². The maximum atomic E-state index is 5.45. The molecule has 0 radical (unpaired) electrons. The van der Waals surface area contributed by atoms with E-state index < -0.39 is 0 Å². The summed E-state index contributed by atoms with van der Waals surface area (Å²) in [6.45, 7) is 7.54. The molecule has 3 aromatic rings. The summed E-state index contributed by atoms with van der Waals surface area (Å²) in [5.74, 6) is 0.618. The molecule has 0 aromatic carbocycles. The lowest BCUT2D eigenvalue weighted by atomic mass is 10.2. The fraction of sp³-hybridized carbons (Fsp3) is 0.222. The molecule has 3 rings (SSSR count). The number of anilines is 1. The lowest BCUT2D eigenvalue weighted by Gasteiger charge is -2.08. The fourth-order valence-electron chi connectivity index (χ4n) is 2.23. The maximum Gasteiger partial charge on any atom is 0.180 e. The van der Waals surface area contributed by atoms with E-state index in [0.717, 1.165) is 21.7 Å². The van der Waals surface area contributed by atoms with Crippen LogP contribution in [0.4, 0.5) is 5.82 Å². The number of nitrogens with one attached hydrogen (secondary N) is 2. The summed E-state index contributed by atoms with van der Waals surface area (Å²) >= 11 is 6.86. The molecule has 8 heteroatoms. The van der Waals surface area contributed by atoms with E-state index >= 15 is 0 Å². The molecular formula is C18H19N5OS2. The number of pyridine rings is 1. The van der Waals surface area contributed by atoms with Crippen LogP contribution in [0.2, 0.25) is 0 Å². The second-order valence-electron chi connectivity index (χ2n) is 5.36. The summed E-state index contributed by atoms with van der Waals surface area (Å²) in [4.78, 5) is 14.8. The fourth-order valence-corrected chi connectivity index (χ4v) is 3.23. The molecule has 0 amide bonds. The van der Waals surface area contributed by atoms with Gasteiger partial charge in [-0.1, -0.05) is 6.08 Å². The van der Waals surface area contributed by atoms with E-state index in [1.165, 1.54) is 0 Å². The van der Waals surface area contributed by atoms with Crippen molar-refractivity contribution < 1.29 is 4.74 Å². The van der Waals surface area contributed by atoms with E-state index in [1.54, 1.807) is 23.6 Å². The van der Waals surface area contributed by atoms with Crippen LogP contribution < -0.4 is 10.6 Å². The molecule has 0 aliphatic heterocycles. The minimum atomic E-state index is 0.485. The molecule has 6 nitrogen and oxygen atoms in total. The van der Waals surface area contributed by atoms with Crippen LogP contribution >= 0.6 is 23.6 Å². The zero-order valence-electron chi connectivity index (χ0n) is 14.4. The Kier molecular flexibility index (Phi) is 6.21. The third-order valence-electron chi connectivity index (χ3n) is 3.45. The molecule has 0 unspecified atom stereocenters. The average Bonchev–Trinajstić information content (AvgIpc) is 3.13. The van der Waals surface area contributed by atoms with Gasteiger partial charge < -0.3 is 15.4 Å². The molecule has 0 aliphatic carbocycles. The minimum Gasteiger partial charge on any atom is -0.376 e. The number of nitrogens with zero attached hydrogens (tertiary/aromatic N) is 3. The van der Waals surface area contributed by atoms with Gasteiger partial charge in [-0.2, -0.15) is 0 Å². The number of fused-ring (bicyclic) bond motifs is 1. The molecule has 0 bridgehead atoms. The van der Waals surface area contributed by atoms with E-state index in [1.807, 2.05) is 19.1 Å². The highest BCUT2D eigenvalue weighted by Crippen LogP contribution is 2.25. The minimum absolute atomic E-state index is 0.485. The van der Waals surface area contributed by atoms with Crippen molar-refractivity contribution in [3.05, 3.63) is 47.3 Å². The normalized spacial score (nSPS) is 10.7. The summed E-state index contributed by atoms with van der Waals surface area (Å²) in [7, 11) is 0. The van der Waals surface area contributed by atoms with Crippen molar-refractivity contribution in [2.75, 3.05) is 18.5 Å². The molecule has 2 N–H and O–H groups in total. The largest absolute Gasteiger partial charge is 0.376 e. The first-order valence-electron chi connectivity index (χ1n) is 8.14. The van der Waals surface area contributed by atoms with Gasteiger partial charge in [-0.3, -0.25) is 4.98 Å². The van der Waals surface area contributed by atoms with Crippen LogP contribution in [0.5, 0.6) is 0 Å². The summed E-state index contributed by atoms with van der Waals surface area (Å²) in [5, 5.41) is 8.58. The Morgan fingerprint density at radius 2 is 2.27 bits per heavy atom. The Morgan fingerprint density at radius 1 is 1.38 bits per heavy atom. The van der Waals surface area contributed by atoms with Crippen LogP contribution in [0.3, 0.4) is 0 Å². The summed E-state index contributed by atoms with van der Waals surface area (Å²) in [5.41, 5.74) is 3.10. The molecular weight excluding hydrogens is 366 g/mol. The van der Waals surface area contributed by atoms with Crippen LogP contribution in [0.1, 0.15) is 11.8 Å². The van der Waals surface area contributed by atoms with E-state index in [-0.39, 0.29) is 0 Å². The van der Waals surface area contributed by atoms with Crippen LogP contribution in [0.25, 0.3) is 22.4 Å². The highest BCUT2D eigenvalue weighted by Gasteiger charge is 2.08. The van der Waals surface area contributed by atoms with Crippen molar-refractivity contribution in [3.8, 4) is 11.3 Å². The molecule has 0 saturated carbocycles. The van der Waals surface area contributed by atoms with E-state index in [9.17, 15) is 0 Å². The van der Waals surface area contributed by atoms with Gasteiger partial charge in [0.15, 0.2) is 10.8 Å².